The number of rotatable bonds is 3. The predicted octanol–water partition coefficient (Wildman–Crippen LogP) is -0.733. The van der Waals surface area contributed by atoms with Crippen molar-refractivity contribution in [3.63, 3.8) is 0 Å². The summed E-state index contributed by atoms with van der Waals surface area (Å²) in [5, 5.41) is 9.39. The summed E-state index contributed by atoms with van der Waals surface area (Å²) in [6, 6.07) is 0. The van der Waals surface area contributed by atoms with E-state index in [4.69, 9.17) is 4.74 Å². The first-order valence-electron chi connectivity index (χ1n) is 4.06. The molecule has 1 rings (SSSR count). The van der Waals surface area contributed by atoms with E-state index in [0.29, 0.717) is 19.6 Å². The van der Waals surface area contributed by atoms with Gasteiger partial charge in [-0.05, 0) is 6.92 Å². The van der Waals surface area contributed by atoms with E-state index < -0.39 is 6.10 Å². The van der Waals surface area contributed by atoms with E-state index in [2.05, 4.69) is 0 Å². The summed E-state index contributed by atoms with van der Waals surface area (Å²) >= 11 is 0. The molecule has 0 saturated carbocycles. The van der Waals surface area contributed by atoms with Crippen molar-refractivity contribution in [3.8, 4) is 0 Å². The van der Waals surface area contributed by atoms with Crippen molar-refractivity contribution in [2.24, 2.45) is 0 Å². The highest BCUT2D eigenvalue weighted by molar-refractivity contribution is 5.77. The van der Waals surface area contributed by atoms with E-state index in [1.54, 1.807) is 14.0 Å². The van der Waals surface area contributed by atoms with Crippen LogP contribution in [0, 0.1) is 0 Å². The molecule has 0 bridgehead atoms. The number of carbonyl (C=O) groups is 1. The maximum Gasteiger partial charge on any atom is 0.143 e. The molecule has 1 saturated heterocycles. The van der Waals surface area contributed by atoms with Crippen molar-refractivity contribution in [2.75, 3.05) is 26.7 Å². The van der Waals surface area contributed by atoms with Crippen molar-refractivity contribution in [1.82, 2.24) is 4.90 Å². The minimum absolute atomic E-state index is 0.124. The lowest BCUT2D eigenvalue weighted by molar-refractivity contribution is -0.118. The number of ether oxygens (including phenoxy) is 1. The Morgan fingerprint density at radius 1 is 1.67 bits per heavy atom. The second kappa shape index (κ2) is 3.98. The van der Waals surface area contributed by atoms with Crippen LogP contribution in [0.2, 0.25) is 0 Å². The van der Waals surface area contributed by atoms with Gasteiger partial charge in [0, 0.05) is 20.2 Å². The third-order valence-electron chi connectivity index (χ3n) is 2.06. The molecular formula is C8H15NO3. The quantitative estimate of drug-likeness (QED) is 0.611. The molecule has 0 aromatic rings. The van der Waals surface area contributed by atoms with Gasteiger partial charge in [-0.1, -0.05) is 0 Å². The van der Waals surface area contributed by atoms with Crippen LogP contribution in [0.25, 0.3) is 0 Å². The van der Waals surface area contributed by atoms with Gasteiger partial charge in [-0.15, -0.1) is 0 Å². The van der Waals surface area contributed by atoms with Gasteiger partial charge in [0.05, 0.1) is 18.8 Å². The molecule has 1 heterocycles. The first kappa shape index (κ1) is 9.64. The van der Waals surface area contributed by atoms with Crippen LogP contribution < -0.4 is 0 Å². The van der Waals surface area contributed by atoms with Crippen LogP contribution in [0.3, 0.4) is 0 Å². The first-order chi connectivity index (χ1) is 5.63. The highest BCUT2D eigenvalue weighted by Crippen LogP contribution is 2.11. The van der Waals surface area contributed by atoms with Gasteiger partial charge in [-0.25, -0.2) is 0 Å². The van der Waals surface area contributed by atoms with E-state index in [0.717, 1.165) is 0 Å². The molecule has 0 spiro atoms. The number of carbonyl (C=O) groups excluding carboxylic acids is 1. The summed E-state index contributed by atoms with van der Waals surface area (Å²) in [5.41, 5.74) is 0. The summed E-state index contributed by atoms with van der Waals surface area (Å²) in [6.45, 7) is 3.15. The number of nitrogens with zero attached hydrogens (tertiary/aromatic N) is 1. The van der Waals surface area contributed by atoms with Crippen LogP contribution >= 0.6 is 0 Å². The molecule has 0 aliphatic carbocycles. The number of likely N-dealkylation sites (tertiary alicyclic amines) is 1. The molecule has 1 N–H and O–H groups in total. The molecule has 4 heteroatoms. The van der Waals surface area contributed by atoms with Crippen LogP contribution in [-0.2, 0) is 9.53 Å². The first-order valence-corrected chi connectivity index (χ1v) is 4.06. The zero-order valence-corrected chi connectivity index (χ0v) is 7.49. The topological polar surface area (TPSA) is 49.8 Å². The maximum absolute atomic E-state index is 10.7. The minimum Gasteiger partial charge on any atom is -0.389 e. The number of hydrogen-bond donors (Lipinski definition) is 1. The summed E-state index contributed by atoms with van der Waals surface area (Å²) in [6.07, 6.45) is -0.585. The minimum atomic E-state index is -0.450. The van der Waals surface area contributed by atoms with Gasteiger partial charge in [0.2, 0.25) is 0 Å². The molecule has 0 unspecified atom stereocenters. The summed E-state index contributed by atoms with van der Waals surface area (Å²) in [7, 11) is 1.57. The zero-order valence-electron chi connectivity index (χ0n) is 7.49. The molecule has 1 fully saturated rings. The van der Waals surface area contributed by atoms with Gasteiger partial charge in [-0.2, -0.15) is 0 Å². The molecule has 0 radical (unpaired) electrons. The lowest BCUT2D eigenvalue weighted by atomic mass is 10.3. The van der Waals surface area contributed by atoms with Gasteiger partial charge in [-0.3, -0.25) is 9.69 Å². The highest BCUT2D eigenvalue weighted by Gasteiger charge is 2.31. The molecule has 4 nitrogen and oxygen atoms in total. The van der Waals surface area contributed by atoms with Crippen LogP contribution in [0.4, 0.5) is 0 Å². The highest BCUT2D eigenvalue weighted by atomic mass is 16.5. The van der Waals surface area contributed by atoms with Gasteiger partial charge < -0.3 is 9.84 Å². The van der Waals surface area contributed by atoms with E-state index >= 15 is 0 Å². The number of Topliss-reactive ketones (excluding diaryl/α,β-unsaturated/α-hetero) is 1. The van der Waals surface area contributed by atoms with E-state index in [9.17, 15) is 9.90 Å². The molecule has 0 aromatic heterocycles. The number of aliphatic hydroxyl groups excluding tert-OH is 1. The summed E-state index contributed by atoms with van der Waals surface area (Å²) in [5.74, 6) is 0.124. The number of β-amino-alcohol motifs (C(OH)–C–C–N with tert-alkyl or cyclic N) is 1. The number of hydrogen-bond acceptors (Lipinski definition) is 4. The van der Waals surface area contributed by atoms with Crippen molar-refractivity contribution in [3.05, 3.63) is 0 Å². The molecule has 1 aliphatic rings. The monoisotopic (exact) mass is 173 g/mol. The zero-order chi connectivity index (χ0) is 9.14. The largest absolute Gasteiger partial charge is 0.389 e. The fraction of sp³-hybridized carbons (Fsp3) is 0.875. The molecule has 0 aromatic carbocycles. The Balaban J connectivity index is 2.37. The molecule has 70 valence electrons. The van der Waals surface area contributed by atoms with Crippen LogP contribution in [0.1, 0.15) is 6.92 Å². The second-order valence-electron chi connectivity index (χ2n) is 3.24. The lowest BCUT2D eigenvalue weighted by Crippen LogP contribution is -2.27. The fourth-order valence-corrected chi connectivity index (χ4v) is 1.51. The Labute approximate surface area is 72.1 Å². The Kier molecular flexibility index (Phi) is 3.20. The molecular weight excluding hydrogens is 158 g/mol. The average molecular weight is 173 g/mol. The Hall–Kier alpha value is -0.450. The van der Waals surface area contributed by atoms with Crippen molar-refractivity contribution >= 4 is 5.78 Å². The standard InChI is InChI=1S/C8H15NO3/c1-6(10)3-9-4-7(11)8(5-9)12-2/h7-8,11H,3-5H2,1-2H3/t7-,8-/m1/s1. The van der Waals surface area contributed by atoms with Crippen molar-refractivity contribution < 1.29 is 14.6 Å². The molecule has 12 heavy (non-hydrogen) atoms. The molecule has 2 atom stereocenters. The second-order valence-corrected chi connectivity index (χ2v) is 3.24. The third-order valence-corrected chi connectivity index (χ3v) is 2.06. The van der Waals surface area contributed by atoms with Crippen LogP contribution in [-0.4, -0.2) is 54.7 Å². The Morgan fingerprint density at radius 2 is 2.33 bits per heavy atom. The Morgan fingerprint density at radius 3 is 2.75 bits per heavy atom. The number of ketones is 1. The molecule has 1 aliphatic heterocycles. The van der Waals surface area contributed by atoms with E-state index in [-0.39, 0.29) is 11.9 Å². The summed E-state index contributed by atoms with van der Waals surface area (Å²) in [4.78, 5) is 12.6. The fourth-order valence-electron chi connectivity index (χ4n) is 1.51. The number of methoxy groups -OCH3 is 1. The van der Waals surface area contributed by atoms with Crippen molar-refractivity contribution in [1.29, 1.82) is 0 Å². The molecule has 0 amide bonds. The normalized spacial score (nSPS) is 30.9. The van der Waals surface area contributed by atoms with Gasteiger partial charge in [0.15, 0.2) is 0 Å². The van der Waals surface area contributed by atoms with Crippen LogP contribution in [0.5, 0.6) is 0 Å². The summed E-state index contributed by atoms with van der Waals surface area (Å²) < 4.78 is 5.03. The van der Waals surface area contributed by atoms with Crippen molar-refractivity contribution in [2.45, 2.75) is 19.1 Å². The van der Waals surface area contributed by atoms with E-state index in [1.165, 1.54) is 0 Å². The van der Waals surface area contributed by atoms with Gasteiger partial charge in [0.1, 0.15) is 5.78 Å². The smallest absolute Gasteiger partial charge is 0.143 e. The average Bonchev–Trinajstić information content (AvgIpc) is 2.29. The third kappa shape index (κ3) is 2.27. The number of aliphatic hydroxyl groups is 1. The van der Waals surface area contributed by atoms with E-state index in [1.807, 2.05) is 4.90 Å². The maximum atomic E-state index is 10.7. The van der Waals surface area contributed by atoms with Crippen LogP contribution in [0.15, 0.2) is 0 Å². The Bertz CT molecular complexity index is 172. The van der Waals surface area contributed by atoms with Gasteiger partial charge >= 0.3 is 0 Å². The van der Waals surface area contributed by atoms with Gasteiger partial charge in [0.25, 0.3) is 0 Å². The predicted molar refractivity (Wildman–Crippen MR) is 43.9 cm³/mol. The SMILES string of the molecule is CO[C@@H]1CN(CC(C)=O)C[C@H]1O. The lowest BCUT2D eigenvalue weighted by Gasteiger charge is -2.11.